The van der Waals surface area contributed by atoms with Crippen molar-refractivity contribution in [2.24, 2.45) is 0 Å². The van der Waals surface area contributed by atoms with Crippen molar-refractivity contribution >= 4 is 0 Å². The molecule has 110 valence electrons. The van der Waals surface area contributed by atoms with Crippen LogP contribution in [0.3, 0.4) is 0 Å². The quantitative estimate of drug-likeness (QED) is 0.527. The third kappa shape index (κ3) is 3.15. The minimum atomic E-state index is -0.836. The highest BCUT2D eigenvalue weighted by Crippen LogP contribution is 2.30. The summed E-state index contributed by atoms with van der Waals surface area (Å²) in [6, 6.07) is 4.22. The molecule has 2 aromatic carbocycles. The molecule has 0 aliphatic carbocycles. The summed E-state index contributed by atoms with van der Waals surface area (Å²) >= 11 is 0. The molecule has 0 aliphatic rings. The van der Waals surface area contributed by atoms with Crippen LogP contribution in [0, 0.1) is 30.2 Å². The van der Waals surface area contributed by atoms with Gasteiger partial charge in [0.05, 0.1) is 5.56 Å². The largest absolute Gasteiger partial charge is 0.207 e. The Morgan fingerprint density at radius 1 is 0.905 bits per heavy atom. The Labute approximate surface area is 120 Å². The fourth-order valence-corrected chi connectivity index (χ4v) is 2.10. The second kappa shape index (κ2) is 6.12. The molecule has 0 saturated heterocycles. The maximum atomic E-state index is 14.1. The summed E-state index contributed by atoms with van der Waals surface area (Å²) < 4.78 is 55.2. The van der Waals surface area contributed by atoms with E-state index in [9.17, 15) is 17.6 Å². The van der Waals surface area contributed by atoms with Gasteiger partial charge in [-0.2, -0.15) is 0 Å². The van der Waals surface area contributed by atoms with Crippen molar-refractivity contribution in [3.05, 3.63) is 71.3 Å². The van der Waals surface area contributed by atoms with Gasteiger partial charge >= 0.3 is 0 Å². The first-order chi connectivity index (χ1) is 9.93. The first-order valence-electron chi connectivity index (χ1n) is 6.49. The molecule has 0 unspecified atom stereocenters. The van der Waals surface area contributed by atoms with Crippen LogP contribution in [0.25, 0.3) is 11.1 Å². The van der Waals surface area contributed by atoms with Crippen LogP contribution in [0.2, 0.25) is 0 Å². The van der Waals surface area contributed by atoms with Crippen molar-refractivity contribution in [2.45, 2.75) is 19.8 Å². The molecule has 0 N–H and O–H groups in total. The monoisotopic (exact) mass is 294 g/mol. The summed E-state index contributed by atoms with van der Waals surface area (Å²) in [5.41, 5.74) is -0.278. The van der Waals surface area contributed by atoms with E-state index in [1.807, 2.05) is 0 Å². The van der Waals surface area contributed by atoms with Crippen molar-refractivity contribution in [3.63, 3.8) is 0 Å². The second-order valence-electron chi connectivity index (χ2n) is 4.83. The molecule has 0 aliphatic heterocycles. The van der Waals surface area contributed by atoms with E-state index in [-0.39, 0.29) is 11.1 Å². The Morgan fingerprint density at radius 3 is 1.90 bits per heavy atom. The molecule has 2 rings (SSSR count). The molecule has 4 heteroatoms. The first-order valence-corrected chi connectivity index (χ1v) is 6.49. The zero-order chi connectivity index (χ0) is 15.6. The van der Waals surface area contributed by atoms with Gasteiger partial charge in [0.25, 0.3) is 0 Å². The summed E-state index contributed by atoms with van der Waals surface area (Å²) in [4.78, 5) is 0. The Balaban J connectivity index is 2.52. The second-order valence-corrected chi connectivity index (χ2v) is 4.83. The highest BCUT2D eigenvalue weighted by Gasteiger charge is 2.16. The zero-order valence-electron chi connectivity index (χ0n) is 11.5. The van der Waals surface area contributed by atoms with E-state index in [4.69, 9.17) is 0 Å². The van der Waals surface area contributed by atoms with Crippen molar-refractivity contribution in [2.75, 3.05) is 0 Å². The number of hydrogen-bond acceptors (Lipinski definition) is 0. The average Bonchev–Trinajstić information content (AvgIpc) is 2.41. The molecule has 0 spiro atoms. The molecule has 2 aromatic rings. The van der Waals surface area contributed by atoms with Crippen molar-refractivity contribution < 1.29 is 17.6 Å². The normalized spacial score (nSPS) is 10.7. The highest BCUT2D eigenvalue weighted by molar-refractivity contribution is 5.66. The molecule has 0 atom stereocenters. The lowest BCUT2D eigenvalue weighted by Gasteiger charge is -2.10. The van der Waals surface area contributed by atoms with Gasteiger partial charge < -0.3 is 0 Å². The molecule has 0 radical (unpaired) electrons. The van der Waals surface area contributed by atoms with Gasteiger partial charge in [0, 0.05) is 5.56 Å². The van der Waals surface area contributed by atoms with E-state index in [1.54, 1.807) is 6.08 Å². The van der Waals surface area contributed by atoms with Crippen LogP contribution >= 0.6 is 0 Å². The third-order valence-electron chi connectivity index (χ3n) is 3.31. The van der Waals surface area contributed by atoms with E-state index < -0.39 is 28.8 Å². The SMILES string of the molecule is C=CCCc1cc(F)c(-c2cc(F)c(C)c(F)c2)c(F)c1. The number of aryl methyl sites for hydroxylation is 1. The van der Waals surface area contributed by atoms with Gasteiger partial charge in [-0.1, -0.05) is 6.08 Å². The summed E-state index contributed by atoms with van der Waals surface area (Å²) in [6.45, 7) is 4.81. The third-order valence-corrected chi connectivity index (χ3v) is 3.31. The van der Waals surface area contributed by atoms with Gasteiger partial charge in [0.1, 0.15) is 23.3 Å². The van der Waals surface area contributed by atoms with Crippen molar-refractivity contribution in [3.8, 4) is 11.1 Å². The smallest absolute Gasteiger partial charge is 0.134 e. The standard InChI is InChI=1S/C17H14F4/c1-3-4-5-11-6-15(20)17(16(21)7-11)12-8-13(18)10(2)14(19)9-12/h3,6-9H,1,4-5H2,2H3. The summed E-state index contributed by atoms with van der Waals surface area (Å²) in [5, 5.41) is 0. The van der Waals surface area contributed by atoms with Gasteiger partial charge in [-0.3, -0.25) is 0 Å². The number of hydrogen-bond donors (Lipinski definition) is 0. The molecule has 0 nitrogen and oxygen atoms in total. The van der Waals surface area contributed by atoms with E-state index in [1.165, 1.54) is 19.1 Å². The maximum absolute atomic E-state index is 14.1. The predicted octanol–water partition coefficient (Wildman–Crippen LogP) is 5.34. The lowest BCUT2D eigenvalue weighted by atomic mass is 9.99. The minimum Gasteiger partial charge on any atom is -0.207 e. The van der Waals surface area contributed by atoms with Crippen LogP contribution in [0.5, 0.6) is 0 Å². The van der Waals surface area contributed by atoms with Crippen LogP contribution in [0.4, 0.5) is 17.6 Å². The molecule has 0 aromatic heterocycles. The van der Waals surface area contributed by atoms with Gasteiger partial charge in [-0.25, -0.2) is 17.6 Å². The van der Waals surface area contributed by atoms with Crippen LogP contribution in [0.1, 0.15) is 17.5 Å². The number of rotatable bonds is 4. The summed E-state index contributed by atoms with van der Waals surface area (Å²) in [7, 11) is 0. The van der Waals surface area contributed by atoms with Crippen LogP contribution in [0.15, 0.2) is 36.9 Å². The molecule has 0 saturated carbocycles. The van der Waals surface area contributed by atoms with E-state index >= 15 is 0 Å². The first kappa shape index (κ1) is 15.3. The molecular formula is C17H14F4. The van der Waals surface area contributed by atoms with Crippen LogP contribution in [-0.4, -0.2) is 0 Å². The zero-order valence-corrected chi connectivity index (χ0v) is 11.5. The topological polar surface area (TPSA) is 0 Å². The van der Waals surface area contributed by atoms with E-state index in [0.29, 0.717) is 18.4 Å². The van der Waals surface area contributed by atoms with Crippen molar-refractivity contribution in [1.82, 2.24) is 0 Å². The molecule has 0 amide bonds. The summed E-state index contributed by atoms with van der Waals surface area (Å²) in [5.74, 6) is -3.34. The Bertz CT molecular complexity index is 643. The average molecular weight is 294 g/mol. The number of halogens is 4. The Kier molecular flexibility index (Phi) is 4.46. The van der Waals surface area contributed by atoms with Crippen LogP contribution < -0.4 is 0 Å². The lowest BCUT2D eigenvalue weighted by Crippen LogP contribution is -1.97. The fraction of sp³-hybridized carbons (Fsp3) is 0.176. The van der Waals surface area contributed by atoms with Gasteiger partial charge in [0.15, 0.2) is 0 Å². The molecule has 0 heterocycles. The number of benzene rings is 2. The molecule has 0 fully saturated rings. The molecule has 0 bridgehead atoms. The van der Waals surface area contributed by atoms with Crippen LogP contribution in [-0.2, 0) is 6.42 Å². The number of allylic oxidation sites excluding steroid dienone is 1. The maximum Gasteiger partial charge on any atom is 0.134 e. The van der Waals surface area contributed by atoms with Crippen molar-refractivity contribution in [1.29, 1.82) is 0 Å². The van der Waals surface area contributed by atoms with Gasteiger partial charge in [-0.05, 0) is 55.2 Å². The molecule has 21 heavy (non-hydrogen) atoms. The minimum absolute atomic E-state index is 0.152. The Hall–Kier alpha value is -2.10. The predicted molar refractivity (Wildman–Crippen MR) is 75.0 cm³/mol. The van der Waals surface area contributed by atoms with E-state index in [2.05, 4.69) is 6.58 Å². The highest BCUT2D eigenvalue weighted by atomic mass is 19.1. The lowest BCUT2D eigenvalue weighted by molar-refractivity contribution is 0.565. The molecular weight excluding hydrogens is 280 g/mol. The van der Waals surface area contributed by atoms with Gasteiger partial charge in [-0.15, -0.1) is 6.58 Å². The van der Waals surface area contributed by atoms with E-state index in [0.717, 1.165) is 12.1 Å². The Morgan fingerprint density at radius 2 is 1.43 bits per heavy atom. The fourth-order valence-electron chi connectivity index (χ4n) is 2.10. The summed E-state index contributed by atoms with van der Waals surface area (Å²) in [6.07, 6.45) is 2.69. The van der Waals surface area contributed by atoms with Gasteiger partial charge in [0.2, 0.25) is 0 Å².